The quantitative estimate of drug-likeness (QED) is 0.209. The Kier molecular flexibility index (Phi) is 11.5. The Morgan fingerprint density at radius 3 is 1.88 bits per heavy atom. The number of nitrogens with two attached hydrogens (primary N) is 1. The normalized spacial score (nSPS) is 28.3. The fourth-order valence-electron chi connectivity index (χ4n) is 9.18. The maximum absolute atomic E-state index is 13.6. The number of nitrogens with zero attached hydrogens (tertiary/aromatic N) is 2. The van der Waals surface area contributed by atoms with Crippen LogP contribution in [0.15, 0.2) is 41.8 Å². The van der Waals surface area contributed by atoms with E-state index in [1.165, 1.54) is 112 Å². The van der Waals surface area contributed by atoms with Crippen molar-refractivity contribution >= 4 is 90.4 Å². The molecule has 2 aromatic heterocycles. The Morgan fingerprint density at radius 1 is 0.820 bits per heavy atom. The molecule has 268 valence electrons. The SMILES string of the molecule is Cl.Fc1ccc2ccsc2c1Cl.N[C@@H]1C2CCN(CC2)C12CC2.O=C(C[C@@H]1C2CCN(CC2)C12CC2)c1cc2ccc(F)c(Cl)c2s1.O=C=O. The van der Waals surface area contributed by atoms with Crippen molar-refractivity contribution in [2.75, 3.05) is 26.2 Å². The van der Waals surface area contributed by atoms with E-state index in [9.17, 15) is 13.6 Å². The summed E-state index contributed by atoms with van der Waals surface area (Å²) in [5.41, 5.74) is 7.06. The van der Waals surface area contributed by atoms with Gasteiger partial charge in [-0.2, -0.15) is 9.59 Å². The number of Topliss-reactive ketones (excluding diaryl/α,β-unsaturated/α-hetero) is 1. The molecule has 0 amide bonds. The zero-order valence-corrected chi connectivity index (χ0v) is 31.4. The van der Waals surface area contributed by atoms with E-state index in [0.29, 0.717) is 40.1 Å². The molecule has 2 aliphatic carbocycles. The van der Waals surface area contributed by atoms with Crippen LogP contribution in [0.2, 0.25) is 10.0 Å². The standard InChI is InChI=1S/C19H19ClFNOS.C9H16N2.C8H4ClFS.CO2.ClH/c20-17-14(21)2-1-12-9-16(24-18(12)17)15(23)10-13-11-3-7-22(8-4-11)19(13)5-6-19;10-8-7-1-5-11(6-2-7)9(8)3-4-9;9-7-6(10)2-1-5-3-4-11-8(5)7;2-1-3;/h1-2,9,11,13H,3-8,10H2;7-8H,1-6,10H2;1-4H;;1H/t13-;8-;;;/m11.../s1. The van der Waals surface area contributed by atoms with Gasteiger partial charge in [-0.15, -0.1) is 35.1 Å². The molecule has 2 aromatic carbocycles. The number of ketones is 1. The third-order valence-corrected chi connectivity index (χ3v) is 15.1. The average Bonchev–Trinajstić information content (AvgIpc) is 3.98. The summed E-state index contributed by atoms with van der Waals surface area (Å²) in [6.45, 7) is 5.09. The van der Waals surface area contributed by atoms with Gasteiger partial charge in [0, 0.05) is 23.5 Å². The molecule has 6 aliphatic heterocycles. The first kappa shape index (κ1) is 37.8. The second kappa shape index (κ2) is 15.2. The van der Waals surface area contributed by atoms with E-state index >= 15 is 0 Å². The van der Waals surface area contributed by atoms with Gasteiger partial charge in [-0.05, 0) is 136 Å². The molecular weight excluding hydrogens is 743 g/mol. The highest BCUT2D eigenvalue weighted by Gasteiger charge is 2.60. The summed E-state index contributed by atoms with van der Waals surface area (Å²) in [6, 6.07) is 10.5. The van der Waals surface area contributed by atoms with Gasteiger partial charge in [-0.3, -0.25) is 14.6 Å². The number of fused-ring (bicyclic) bond motifs is 6. The molecule has 8 heterocycles. The van der Waals surface area contributed by atoms with Crippen molar-refractivity contribution in [3.8, 4) is 0 Å². The number of thiophene rings is 2. The fourth-order valence-corrected chi connectivity index (χ4v) is 11.6. The van der Waals surface area contributed by atoms with Crippen LogP contribution in [-0.2, 0) is 9.59 Å². The molecule has 12 rings (SSSR count). The van der Waals surface area contributed by atoms with Crippen LogP contribution in [0.5, 0.6) is 0 Å². The first-order chi connectivity index (χ1) is 23.6. The first-order valence-electron chi connectivity index (χ1n) is 17.1. The predicted molar refractivity (Wildman–Crippen MR) is 199 cm³/mol. The van der Waals surface area contributed by atoms with Gasteiger partial charge < -0.3 is 5.73 Å². The van der Waals surface area contributed by atoms with Crippen LogP contribution in [0.3, 0.4) is 0 Å². The summed E-state index contributed by atoms with van der Waals surface area (Å²) >= 11 is 14.6. The Balaban J connectivity index is 0.000000138. The minimum atomic E-state index is -0.417. The number of carbonyl (C=O) groups is 1. The Morgan fingerprint density at radius 2 is 1.34 bits per heavy atom. The maximum Gasteiger partial charge on any atom is 0.373 e. The molecule has 6 nitrogen and oxygen atoms in total. The molecule has 2 N–H and O–H groups in total. The third-order valence-electron chi connectivity index (χ3n) is 12.0. The van der Waals surface area contributed by atoms with E-state index in [0.717, 1.165) is 26.3 Å². The second-order valence-electron chi connectivity index (χ2n) is 14.3. The highest BCUT2D eigenvalue weighted by molar-refractivity contribution is 7.21. The molecule has 0 unspecified atom stereocenters. The Bertz CT molecular complexity index is 1890. The number of hydrogen-bond acceptors (Lipinski definition) is 8. The van der Waals surface area contributed by atoms with Gasteiger partial charge in [0.2, 0.25) is 0 Å². The van der Waals surface area contributed by atoms with Gasteiger partial charge in [0.1, 0.15) is 11.6 Å². The van der Waals surface area contributed by atoms with E-state index < -0.39 is 5.82 Å². The molecule has 0 radical (unpaired) electrons. The number of piperidine rings is 6. The summed E-state index contributed by atoms with van der Waals surface area (Å²) in [7, 11) is 0. The highest BCUT2D eigenvalue weighted by Crippen LogP contribution is 2.59. The van der Waals surface area contributed by atoms with Crippen LogP contribution in [0.25, 0.3) is 20.2 Å². The van der Waals surface area contributed by atoms with E-state index in [-0.39, 0.29) is 40.2 Å². The lowest BCUT2D eigenvalue weighted by molar-refractivity contribution is -0.191. The highest BCUT2D eigenvalue weighted by atomic mass is 35.5. The molecular formula is C37H40Cl3F2N3O3S2. The molecule has 8 aliphatic rings. The van der Waals surface area contributed by atoms with Gasteiger partial charge >= 0.3 is 6.15 Å². The average molecular weight is 783 g/mol. The fraction of sp³-hybridized carbons (Fsp3) is 0.514. The summed E-state index contributed by atoms with van der Waals surface area (Å²) in [6.07, 6.45) is 11.4. The summed E-state index contributed by atoms with van der Waals surface area (Å²) in [4.78, 5) is 35.2. The molecule has 4 aromatic rings. The van der Waals surface area contributed by atoms with Crippen molar-refractivity contribution in [3.05, 3.63) is 68.3 Å². The number of hydrogen-bond donors (Lipinski definition) is 1. The van der Waals surface area contributed by atoms with E-state index in [1.807, 2.05) is 17.5 Å². The van der Waals surface area contributed by atoms with Gasteiger partial charge in [0.15, 0.2) is 5.78 Å². The number of carbonyl (C=O) groups excluding carboxylic acids is 3. The zero-order chi connectivity index (χ0) is 34.5. The molecule has 50 heavy (non-hydrogen) atoms. The number of benzene rings is 2. The van der Waals surface area contributed by atoms with Crippen LogP contribution >= 0.6 is 58.3 Å². The van der Waals surface area contributed by atoms with Crippen molar-refractivity contribution in [1.82, 2.24) is 9.80 Å². The largest absolute Gasteiger partial charge is 0.373 e. The van der Waals surface area contributed by atoms with Crippen LogP contribution < -0.4 is 5.73 Å². The third kappa shape index (κ3) is 6.93. The maximum atomic E-state index is 13.6. The lowest BCUT2D eigenvalue weighted by Gasteiger charge is -2.52. The topological polar surface area (TPSA) is 83.7 Å². The van der Waals surface area contributed by atoms with Crippen molar-refractivity contribution < 1.29 is 23.2 Å². The van der Waals surface area contributed by atoms with Crippen molar-refractivity contribution in [2.45, 2.75) is 74.9 Å². The molecule has 13 heteroatoms. The predicted octanol–water partition coefficient (Wildman–Crippen LogP) is 9.25. The minimum absolute atomic E-state index is 0. The van der Waals surface area contributed by atoms with Crippen LogP contribution in [0, 0.1) is 29.4 Å². The van der Waals surface area contributed by atoms with Gasteiger partial charge in [0.25, 0.3) is 0 Å². The number of halogens is 5. The molecule has 4 bridgehead atoms. The molecule has 8 fully saturated rings. The van der Waals surface area contributed by atoms with Crippen molar-refractivity contribution in [3.63, 3.8) is 0 Å². The van der Waals surface area contributed by atoms with Gasteiger partial charge in [0.05, 0.1) is 24.3 Å². The van der Waals surface area contributed by atoms with Crippen molar-refractivity contribution in [1.29, 1.82) is 0 Å². The first-order valence-corrected chi connectivity index (χ1v) is 19.5. The smallest absolute Gasteiger partial charge is 0.326 e. The van der Waals surface area contributed by atoms with Crippen LogP contribution in [-0.4, -0.2) is 65.0 Å². The zero-order valence-electron chi connectivity index (χ0n) is 27.5. The number of rotatable bonds is 3. The van der Waals surface area contributed by atoms with Crippen LogP contribution in [0.1, 0.15) is 67.5 Å². The molecule has 2 atom stereocenters. The lowest BCUT2D eigenvalue weighted by Crippen LogP contribution is -2.63. The summed E-state index contributed by atoms with van der Waals surface area (Å²) in [5.74, 6) is 1.52. The van der Waals surface area contributed by atoms with E-state index in [4.69, 9.17) is 38.5 Å². The summed E-state index contributed by atoms with van der Waals surface area (Å²) < 4.78 is 27.9. The second-order valence-corrected chi connectivity index (χ2v) is 17.0. The molecule has 2 saturated carbocycles. The van der Waals surface area contributed by atoms with Crippen molar-refractivity contribution in [2.24, 2.45) is 23.5 Å². The summed E-state index contributed by atoms with van der Waals surface area (Å²) in [5, 5.41) is 4.14. The Labute approximate surface area is 314 Å². The lowest BCUT2D eigenvalue weighted by atomic mass is 9.70. The van der Waals surface area contributed by atoms with Crippen LogP contribution in [0.4, 0.5) is 8.78 Å². The van der Waals surface area contributed by atoms with E-state index in [2.05, 4.69) is 9.80 Å². The molecule has 2 spiro atoms. The van der Waals surface area contributed by atoms with Gasteiger partial charge in [-0.25, -0.2) is 8.78 Å². The minimum Gasteiger partial charge on any atom is -0.326 e. The van der Waals surface area contributed by atoms with E-state index in [1.54, 1.807) is 12.1 Å². The monoisotopic (exact) mass is 781 g/mol. The Hall–Kier alpha value is -1.98. The molecule has 6 saturated heterocycles. The van der Waals surface area contributed by atoms with Gasteiger partial charge in [-0.1, -0.05) is 35.3 Å².